The van der Waals surface area contributed by atoms with Gasteiger partial charge in [-0.25, -0.2) is 4.39 Å². The number of carbonyl (C=O) groups excluding carboxylic acids is 1. The number of carbonyl (C=O) groups is 1. The Hall–Kier alpha value is -2.11. The van der Waals surface area contributed by atoms with E-state index in [0.29, 0.717) is 0 Å². The van der Waals surface area contributed by atoms with Crippen LogP contribution in [0.25, 0.3) is 0 Å². The maximum absolute atomic E-state index is 14.0. The number of anilines is 1. The van der Waals surface area contributed by atoms with E-state index in [1.165, 1.54) is 42.9 Å². The molecule has 166 valence electrons. The van der Waals surface area contributed by atoms with Crippen LogP contribution in [0.2, 0.25) is 10.0 Å². The number of halogens is 7. The largest absolute Gasteiger partial charge is 0.436 e. The van der Waals surface area contributed by atoms with Crippen LogP contribution in [0.1, 0.15) is 29.9 Å². The van der Waals surface area contributed by atoms with Crippen LogP contribution in [0.15, 0.2) is 28.9 Å². The highest BCUT2D eigenvalue weighted by Crippen LogP contribution is 2.36. The molecule has 1 aromatic carbocycles. The van der Waals surface area contributed by atoms with Gasteiger partial charge < -0.3 is 5.32 Å². The van der Waals surface area contributed by atoms with Crippen LogP contribution in [0.4, 0.5) is 23.4 Å². The second kappa shape index (κ2) is 8.79. The third kappa shape index (κ3) is 4.88. The molecule has 1 atom stereocenters. The highest BCUT2D eigenvalue weighted by atomic mass is 79.9. The molecule has 3 aromatic rings. The standard InChI is InChI=1S/C18H14BrCl2F4N5O/c1-8-14(19)15(18(23,24)25)27-30(8)9(2)17(31)26-16-12(21)7-29(28-16)6-10-11(20)4-3-5-13(10)22/h3-5,7,9H,6H2,1-2H3,(H,26,28,31). The van der Waals surface area contributed by atoms with Crippen molar-refractivity contribution in [2.24, 2.45) is 0 Å². The Morgan fingerprint density at radius 2 is 1.94 bits per heavy atom. The van der Waals surface area contributed by atoms with Crippen molar-refractivity contribution < 1.29 is 22.4 Å². The van der Waals surface area contributed by atoms with E-state index in [2.05, 4.69) is 31.4 Å². The Labute approximate surface area is 192 Å². The summed E-state index contributed by atoms with van der Waals surface area (Å²) < 4.78 is 55.2. The second-order valence-electron chi connectivity index (χ2n) is 6.58. The van der Waals surface area contributed by atoms with Crippen LogP contribution >= 0.6 is 39.1 Å². The smallest absolute Gasteiger partial charge is 0.306 e. The molecule has 0 aliphatic rings. The normalized spacial score (nSPS) is 12.8. The zero-order valence-electron chi connectivity index (χ0n) is 15.9. The lowest BCUT2D eigenvalue weighted by molar-refractivity contribution is -0.142. The van der Waals surface area contributed by atoms with Crippen LogP contribution in [-0.2, 0) is 17.5 Å². The molecule has 0 spiro atoms. The number of nitrogens with one attached hydrogen (secondary N) is 1. The van der Waals surface area contributed by atoms with Gasteiger partial charge in [-0.3, -0.25) is 14.2 Å². The van der Waals surface area contributed by atoms with E-state index in [1.807, 2.05) is 0 Å². The fraction of sp³-hybridized carbons (Fsp3) is 0.278. The number of rotatable bonds is 5. The Morgan fingerprint density at radius 1 is 1.26 bits per heavy atom. The van der Waals surface area contributed by atoms with Crippen molar-refractivity contribution in [3.8, 4) is 0 Å². The zero-order chi connectivity index (χ0) is 23.1. The first-order chi connectivity index (χ1) is 14.4. The summed E-state index contributed by atoms with van der Waals surface area (Å²) in [5.41, 5.74) is -0.819. The van der Waals surface area contributed by atoms with Crippen LogP contribution in [0, 0.1) is 12.7 Å². The van der Waals surface area contributed by atoms with Crippen molar-refractivity contribution in [2.75, 3.05) is 5.32 Å². The number of nitrogens with zero attached hydrogens (tertiary/aromatic N) is 4. The Balaban J connectivity index is 1.80. The highest BCUT2D eigenvalue weighted by Gasteiger charge is 2.39. The summed E-state index contributed by atoms with van der Waals surface area (Å²) in [5.74, 6) is -1.26. The summed E-state index contributed by atoms with van der Waals surface area (Å²) in [4.78, 5) is 12.6. The van der Waals surface area contributed by atoms with Crippen LogP contribution in [0.5, 0.6) is 0 Å². The molecule has 31 heavy (non-hydrogen) atoms. The van der Waals surface area contributed by atoms with Gasteiger partial charge in [0.25, 0.3) is 0 Å². The van der Waals surface area contributed by atoms with Crippen LogP contribution < -0.4 is 5.32 Å². The van der Waals surface area contributed by atoms with Crippen molar-refractivity contribution >= 4 is 50.9 Å². The molecular formula is C18H14BrCl2F4N5O. The topological polar surface area (TPSA) is 64.7 Å². The molecule has 6 nitrogen and oxygen atoms in total. The van der Waals surface area contributed by atoms with E-state index in [4.69, 9.17) is 23.2 Å². The quantitative estimate of drug-likeness (QED) is 0.410. The highest BCUT2D eigenvalue weighted by molar-refractivity contribution is 9.10. The minimum absolute atomic E-state index is 0.0362. The molecule has 0 aliphatic carbocycles. The van der Waals surface area contributed by atoms with E-state index >= 15 is 0 Å². The van der Waals surface area contributed by atoms with Gasteiger partial charge in [0.05, 0.1) is 16.7 Å². The lowest BCUT2D eigenvalue weighted by Crippen LogP contribution is -2.26. The maximum atomic E-state index is 14.0. The summed E-state index contributed by atoms with van der Waals surface area (Å²) in [6.45, 7) is 2.73. The third-order valence-electron chi connectivity index (χ3n) is 4.43. The predicted molar refractivity (Wildman–Crippen MR) is 111 cm³/mol. The number of hydrogen-bond donors (Lipinski definition) is 1. The Kier molecular flexibility index (Phi) is 6.68. The summed E-state index contributed by atoms with van der Waals surface area (Å²) in [7, 11) is 0. The summed E-state index contributed by atoms with van der Waals surface area (Å²) in [6, 6.07) is 3.13. The van der Waals surface area contributed by atoms with E-state index in [-0.39, 0.29) is 38.1 Å². The molecule has 1 amide bonds. The third-order valence-corrected chi connectivity index (χ3v) is 6.01. The number of aromatic nitrogens is 4. The molecule has 0 saturated heterocycles. The van der Waals surface area contributed by atoms with Gasteiger partial charge in [0.15, 0.2) is 11.5 Å². The van der Waals surface area contributed by atoms with Gasteiger partial charge in [-0.1, -0.05) is 29.3 Å². The average molecular weight is 543 g/mol. The van der Waals surface area contributed by atoms with Gasteiger partial charge >= 0.3 is 6.18 Å². The SMILES string of the molecule is Cc1c(Br)c(C(F)(F)F)nn1C(C)C(=O)Nc1nn(Cc2c(F)cccc2Cl)cc1Cl. The first kappa shape index (κ1) is 23.6. The minimum atomic E-state index is -4.68. The molecule has 0 bridgehead atoms. The van der Waals surface area contributed by atoms with Gasteiger partial charge in [0.2, 0.25) is 5.91 Å². The molecule has 2 aromatic heterocycles. The predicted octanol–water partition coefficient (Wildman–Crippen LogP) is 5.86. The van der Waals surface area contributed by atoms with E-state index in [0.717, 1.165) is 4.68 Å². The summed E-state index contributed by atoms with van der Waals surface area (Å²) in [6.07, 6.45) is -3.32. The number of hydrogen-bond acceptors (Lipinski definition) is 3. The number of alkyl halides is 3. The lowest BCUT2D eigenvalue weighted by Gasteiger charge is -2.13. The van der Waals surface area contributed by atoms with Gasteiger partial charge in [-0.15, -0.1) is 0 Å². The monoisotopic (exact) mass is 541 g/mol. The van der Waals surface area contributed by atoms with Crippen LogP contribution in [0.3, 0.4) is 0 Å². The molecule has 1 N–H and O–H groups in total. The fourth-order valence-electron chi connectivity index (χ4n) is 2.80. The van der Waals surface area contributed by atoms with Crippen molar-refractivity contribution in [3.05, 3.63) is 61.7 Å². The second-order valence-corrected chi connectivity index (χ2v) is 8.19. The van der Waals surface area contributed by atoms with Crippen molar-refractivity contribution in [2.45, 2.75) is 32.6 Å². The molecule has 2 heterocycles. The van der Waals surface area contributed by atoms with Crippen molar-refractivity contribution in [3.63, 3.8) is 0 Å². The lowest BCUT2D eigenvalue weighted by atomic mass is 10.2. The zero-order valence-corrected chi connectivity index (χ0v) is 19.0. The molecule has 1 unspecified atom stereocenters. The first-order valence-electron chi connectivity index (χ1n) is 8.68. The fourth-order valence-corrected chi connectivity index (χ4v) is 3.70. The Morgan fingerprint density at radius 3 is 2.52 bits per heavy atom. The van der Waals surface area contributed by atoms with E-state index in [9.17, 15) is 22.4 Å². The van der Waals surface area contributed by atoms with E-state index in [1.54, 1.807) is 0 Å². The molecule has 0 saturated carbocycles. The van der Waals surface area contributed by atoms with Gasteiger partial charge in [0, 0.05) is 16.8 Å². The van der Waals surface area contributed by atoms with E-state index < -0.39 is 29.6 Å². The average Bonchev–Trinajstić information content (AvgIpc) is 3.17. The molecule has 0 aliphatic heterocycles. The van der Waals surface area contributed by atoms with Crippen molar-refractivity contribution in [1.82, 2.24) is 19.6 Å². The summed E-state index contributed by atoms with van der Waals surface area (Å²) in [5, 5.41) is 10.3. The molecule has 3 rings (SSSR count). The molecule has 13 heteroatoms. The molecular weight excluding hydrogens is 529 g/mol. The van der Waals surface area contributed by atoms with Gasteiger partial charge in [-0.2, -0.15) is 23.4 Å². The van der Waals surface area contributed by atoms with Gasteiger partial charge in [0.1, 0.15) is 16.9 Å². The number of benzene rings is 1. The molecule has 0 fully saturated rings. The minimum Gasteiger partial charge on any atom is -0.306 e. The maximum Gasteiger partial charge on any atom is 0.436 e. The van der Waals surface area contributed by atoms with Crippen LogP contribution in [-0.4, -0.2) is 25.5 Å². The molecule has 0 radical (unpaired) electrons. The van der Waals surface area contributed by atoms with Gasteiger partial charge in [-0.05, 0) is 41.9 Å². The summed E-state index contributed by atoms with van der Waals surface area (Å²) >= 11 is 15.0. The Bertz CT molecular complexity index is 1120. The first-order valence-corrected chi connectivity index (χ1v) is 10.2. The van der Waals surface area contributed by atoms with Crippen molar-refractivity contribution in [1.29, 1.82) is 0 Å². The number of amides is 1.